The van der Waals surface area contributed by atoms with Crippen molar-refractivity contribution < 1.29 is 27.6 Å². The van der Waals surface area contributed by atoms with Gasteiger partial charge in [0.25, 0.3) is 11.8 Å². The van der Waals surface area contributed by atoms with Gasteiger partial charge in [0.15, 0.2) is 0 Å². The first-order valence-corrected chi connectivity index (χ1v) is 11.1. The number of pyridine rings is 1. The van der Waals surface area contributed by atoms with Gasteiger partial charge < -0.3 is 5.32 Å². The van der Waals surface area contributed by atoms with Crippen molar-refractivity contribution in [2.75, 3.05) is 6.54 Å². The van der Waals surface area contributed by atoms with E-state index in [1.54, 1.807) is 13.0 Å². The average molecular weight is 523 g/mol. The molecular formula is C20H19Cl2F3N4O3S. The predicted octanol–water partition coefficient (Wildman–Crippen LogP) is 5.39. The summed E-state index contributed by atoms with van der Waals surface area (Å²) in [4.78, 5) is 40.7. The van der Waals surface area contributed by atoms with Crippen LogP contribution in [0.2, 0.25) is 10.0 Å². The number of amides is 4. The van der Waals surface area contributed by atoms with Crippen molar-refractivity contribution in [2.24, 2.45) is 0 Å². The molecule has 2 rings (SSSR count). The highest BCUT2D eigenvalue weighted by atomic mass is 35.5. The second kappa shape index (κ2) is 11.6. The molecule has 0 radical (unpaired) electrons. The van der Waals surface area contributed by atoms with Gasteiger partial charge in [-0.1, -0.05) is 36.5 Å². The molecule has 178 valence electrons. The molecule has 3 N–H and O–H groups in total. The number of nitrogens with one attached hydrogen (secondary N) is 3. The highest BCUT2D eigenvalue weighted by Crippen LogP contribution is 2.31. The molecule has 0 aliphatic rings. The first-order chi connectivity index (χ1) is 15.4. The molecule has 0 fully saturated rings. The predicted molar refractivity (Wildman–Crippen MR) is 120 cm³/mol. The van der Waals surface area contributed by atoms with Crippen LogP contribution in [0.1, 0.15) is 51.7 Å². The molecule has 0 bridgehead atoms. The molecule has 1 heterocycles. The van der Waals surface area contributed by atoms with E-state index in [1.165, 1.54) is 6.07 Å². The average Bonchev–Trinajstić information content (AvgIpc) is 2.71. The van der Waals surface area contributed by atoms with Gasteiger partial charge in [0.05, 0.1) is 16.1 Å². The van der Waals surface area contributed by atoms with Crippen molar-refractivity contribution >= 4 is 53.0 Å². The highest BCUT2D eigenvalue weighted by Gasteiger charge is 2.32. The number of rotatable bonds is 7. The molecular weight excluding hydrogens is 504 g/mol. The van der Waals surface area contributed by atoms with Gasteiger partial charge in [-0.2, -0.15) is 13.2 Å². The smallest absolute Gasteiger partial charge is 0.352 e. The Morgan fingerprint density at radius 1 is 1.12 bits per heavy atom. The number of carbonyl (C=O) groups is 3. The lowest BCUT2D eigenvalue weighted by Crippen LogP contribution is -2.37. The van der Waals surface area contributed by atoms with E-state index >= 15 is 0 Å². The third kappa shape index (κ3) is 7.51. The fraction of sp³-hybridized carbons (Fsp3) is 0.300. The number of imide groups is 1. The Bertz CT molecular complexity index is 1070. The summed E-state index contributed by atoms with van der Waals surface area (Å²) in [6.07, 6.45) is -2.56. The molecule has 0 spiro atoms. The molecule has 0 saturated carbocycles. The number of benzene rings is 1. The van der Waals surface area contributed by atoms with Crippen molar-refractivity contribution in [1.29, 1.82) is 0 Å². The van der Waals surface area contributed by atoms with E-state index in [9.17, 15) is 27.6 Å². The highest BCUT2D eigenvalue weighted by molar-refractivity contribution is 7.98. The van der Waals surface area contributed by atoms with Crippen molar-refractivity contribution in [1.82, 2.24) is 20.3 Å². The van der Waals surface area contributed by atoms with Crippen LogP contribution in [-0.4, -0.2) is 29.4 Å². The summed E-state index contributed by atoms with van der Waals surface area (Å²) < 4.78 is 40.5. The van der Waals surface area contributed by atoms with Gasteiger partial charge in [0.1, 0.15) is 5.69 Å². The summed E-state index contributed by atoms with van der Waals surface area (Å²) >= 11 is 12.5. The molecule has 0 aliphatic carbocycles. The van der Waals surface area contributed by atoms with Crippen molar-refractivity contribution in [3.8, 4) is 0 Å². The summed E-state index contributed by atoms with van der Waals surface area (Å²) in [6.45, 7) is 4.14. The molecule has 2 aromatic rings. The lowest BCUT2D eigenvalue weighted by atomic mass is 10.1. The van der Waals surface area contributed by atoms with Crippen LogP contribution in [0.15, 0.2) is 29.3 Å². The molecule has 0 saturated heterocycles. The van der Waals surface area contributed by atoms with E-state index < -0.39 is 34.4 Å². The van der Waals surface area contributed by atoms with Gasteiger partial charge in [0, 0.05) is 22.7 Å². The van der Waals surface area contributed by atoms with Gasteiger partial charge >= 0.3 is 12.2 Å². The van der Waals surface area contributed by atoms with Crippen molar-refractivity contribution in [3.05, 3.63) is 56.8 Å². The van der Waals surface area contributed by atoms with Gasteiger partial charge in [0.2, 0.25) is 0 Å². The van der Waals surface area contributed by atoms with Crippen LogP contribution in [0.25, 0.3) is 0 Å². The zero-order valence-corrected chi connectivity index (χ0v) is 19.7. The molecule has 0 unspecified atom stereocenters. The first kappa shape index (κ1) is 26.7. The minimum atomic E-state index is -4.68. The Hall–Kier alpha value is -2.50. The van der Waals surface area contributed by atoms with Gasteiger partial charge in [-0.3, -0.25) is 19.6 Å². The normalized spacial score (nSPS) is 11.1. The fourth-order valence-corrected chi connectivity index (χ4v) is 3.81. The summed E-state index contributed by atoms with van der Waals surface area (Å²) in [6, 6.07) is 2.60. The van der Waals surface area contributed by atoms with Crippen molar-refractivity contribution in [3.63, 3.8) is 0 Å². The number of aromatic nitrogens is 1. The second-order valence-corrected chi connectivity index (χ2v) is 8.41. The van der Waals surface area contributed by atoms with Crippen LogP contribution < -0.4 is 15.4 Å². The van der Waals surface area contributed by atoms with E-state index in [0.29, 0.717) is 34.3 Å². The Labute approximate surface area is 201 Å². The third-order valence-electron chi connectivity index (χ3n) is 4.16. The zero-order chi connectivity index (χ0) is 24.8. The topological polar surface area (TPSA) is 100 Å². The molecule has 1 aromatic carbocycles. The Kier molecular flexibility index (Phi) is 9.38. The number of nitrogens with zero attached hydrogens (tertiary/aromatic N) is 1. The summed E-state index contributed by atoms with van der Waals surface area (Å²) in [5.41, 5.74) is -0.845. The number of halogens is 5. The van der Waals surface area contributed by atoms with E-state index in [2.05, 4.69) is 15.0 Å². The number of urea groups is 1. The number of alkyl halides is 3. The van der Waals surface area contributed by atoms with Crippen LogP contribution in [0.4, 0.5) is 18.0 Å². The Morgan fingerprint density at radius 2 is 1.82 bits per heavy atom. The fourth-order valence-electron chi connectivity index (χ4n) is 2.55. The van der Waals surface area contributed by atoms with E-state index in [0.717, 1.165) is 24.8 Å². The standard InChI is InChI=1S/C20H19Cl2F3N4O3S/c1-3-4-5-26-17(30)13-8-12(21)6-10(2)16(13)33-29-19(32)28-18(31)15-14(22)7-11(9-27-15)20(23,24)25/h6-9H,3-5H2,1-2H3,(H,26,30)(H2,28,29,31,32). The number of unbranched alkanes of at least 4 members (excludes halogenated alkanes) is 1. The maximum atomic E-state index is 12.7. The quantitative estimate of drug-likeness (QED) is 0.334. The minimum Gasteiger partial charge on any atom is -0.352 e. The minimum absolute atomic E-state index is 0.236. The summed E-state index contributed by atoms with van der Waals surface area (Å²) in [5.74, 6) is -1.48. The molecule has 33 heavy (non-hydrogen) atoms. The van der Waals surface area contributed by atoms with Crippen molar-refractivity contribution in [2.45, 2.75) is 37.8 Å². The monoisotopic (exact) mass is 522 g/mol. The molecule has 0 aliphatic heterocycles. The largest absolute Gasteiger partial charge is 0.417 e. The van der Waals surface area contributed by atoms with Gasteiger partial charge in [-0.05, 0) is 49.1 Å². The second-order valence-electron chi connectivity index (χ2n) is 6.75. The van der Waals surface area contributed by atoms with Crippen LogP contribution >= 0.6 is 35.1 Å². The van der Waals surface area contributed by atoms with Crippen LogP contribution in [0, 0.1) is 6.92 Å². The van der Waals surface area contributed by atoms with Gasteiger partial charge in [-0.15, -0.1) is 0 Å². The third-order valence-corrected chi connectivity index (χ3v) is 5.70. The van der Waals surface area contributed by atoms with Gasteiger partial charge in [-0.25, -0.2) is 9.78 Å². The maximum Gasteiger partial charge on any atom is 0.417 e. The lowest BCUT2D eigenvalue weighted by molar-refractivity contribution is -0.137. The summed E-state index contributed by atoms with van der Waals surface area (Å²) in [5, 5.41) is 4.45. The Morgan fingerprint density at radius 3 is 2.42 bits per heavy atom. The number of hydrogen-bond acceptors (Lipinski definition) is 5. The van der Waals surface area contributed by atoms with Crippen LogP contribution in [0.3, 0.4) is 0 Å². The molecule has 13 heteroatoms. The lowest BCUT2D eigenvalue weighted by Gasteiger charge is -2.14. The number of hydrogen-bond donors (Lipinski definition) is 3. The first-order valence-electron chi connectivity index (χ1n) is 9.53. The van der Waals surface area contributed by atoms with E-state index in [1.807, 2.05) is 12.2 Å². The number of aryl methyl sites for hydroxylation is 1. The summed E-state index contributed by atoms with van der Waals surface area (Å²) in [7, 11) is 0. The molecule has 1 aromatic heterocycles. The molecule has 4 amide bonds. The Balaban J connectivity index is 2.09. The SMILES string of the molecule is CCCCNC(=O)c1cc(Cl)cc(C)c1SNC(=O)NC(=O)c1ncc(C(F)(F)F)cc1Cl. The molecule has 7 nitrogen and oxygen atoms in total. The number of carbonyl (C=O) groups excluding carboxylic acids is 3. The van der Waals surface area contributed by atoms with Crippen LogP contribution in [-0.2, 0) is 6.18 Å². The van der Waals surface area contributed by atoms with Crippen LogP contribution in [0.5, 0.6) is 0 Å². The zero-order valence-electron chi connectivity index (χ0n) is 17.4. The van der Waals surface area contributed by atoms with E-state index in [-0.39, 0.29) is 11.5 Å². The van der Waals surface area contributed by atoms with E-state index in [4.69, 9.17) is 23.2 Å². The molecule has 0 atom stereocenters. The maximum absolute atomic E-state index is 12.7.